The van der Waals surface area contributed by atoms with Crippen LogP contribution in [-0.4, -0.2) is 11.0 Å². The maximum absolute atomic E-state index is 11.0. The van der Waals surface area contributed by atoms with E-state index in [1.54, 1.807) is 11.1 Å². The van der Waals surface area contributed by atoms with Gasteiger partial charge in [0.25, 0.3) is 0 Å². The summed E-state index contributed by atoms with van der Waals surface area (Å²) in [5.41, 5.74) is 3.28. The average Bonchev–Trinajstić information content (AvgIpc) is 2.95. The Bertz CT molecular complexity index is 387. The Morgan fingerprint density at radius 3 is 2.47 bits per heavy atom. The summed E-state index contributed by atoms with van der Waals surface area (Å²) in [5, 5.41) is 11.0. The van der Waals surface area contributed by atoms with E-state index in [0.717, 1.165) is 24.7 Å². The number of fused-ring (bicyclic) bond motifs is 8. The quantitative estimate of drug-likeness (QED) is 0.285. The molecule has 0 aromatic rings. The Kier molecular flexibility index (Phi) is 1.35. The lowest BCUT2D eigenvalue weighted by Gasteiger charge is -2.25. The molecule has 0 aromatic heterocycles. The van der Waals surface area contributed by atoms with Crippen molar-refractivity contribution in [1.29, 1.82) is 0 Å². The van der Waals surface area contributed by atoms with Crippen LogP contribution in [0, 0.1) is 33.8 Å². The van der Waals surface area contributed by atoms with Gasteiger partial charge >= 0.3 is 0 Å². The molecular weight excluding hydrogens is 190 g/mol. The summed E-state index contributed by atoms with van der Waals surface area (Å²) in [5.74, 6) is 2.54. The minimum Gasteiger partial charge on any atom is -0.264 e. The second-order valence-electron chi connectivity index (χ2n) is 5.75. The average molecular weight is 205 g/mol. The van der Waals surface area contributed by atoms with Gasteiger partial charge in [0.1, 0.15) is 0 Å². The third-order valence-corrected chi connectivity index (χ3v) is 5.28. The molecule has 0 aromatic carbocycles. The van der Waals surface area contributed by atoms with E-state index in [-0.39, 0.29) is 11.0 Å². The maximum Gasteiger partial charge on any atom is 0.220 e. The SMILES string of the molecule is O=[N+]([O-])C1CC2CC1C1=C2C2CCC1C2. The molecule has 0 N–H and O–H groups in total. The molecule has 4 aliphatic carbocycles. The molecule has 3 heteroatoms. The molecule has 2 fully saturated rings. The van der Waals surface area contributed by atoms with Gasteiger partial charge < -0.3 is 0 Å². The van der Waals surface area contributed by atoms with Crippen molar-refractivity contribution in [2.75, 3.05) is 0 Å². The van der Waals surface area contributed by atoms with Crippen LogP contribution in [0.4, 0.5) is 0 Å². The van der Waals surface area contributed by atoms with Crippen molar-refractivity contribution in [1.82, 2.24) is 0 Å². The smallest absolute Gasteiger partial charge is 0.220 e. The third kappa shape index (κ3) is 0.837. The summed E-state index contributed by atoms with van der Waals surface area (Å²) < 4.78 is 0. The van der Waals surface area contributed by atoms with E-state index in [4.69, 9.17) is 0 Å². The molecule has 0 saturated heterocycles. The molecule has 5 atom stereocenters. The summed E-state index contributed by atoms with van der Waals surface area (Å²) in [4.78, 5) is 11.0. The summed E-state index contributed by atoms with van der Waals surface area (Å²) >= 11 is 0. The highest BCUT2D eigenvalue weighted by Gasteiger charge is 2.58. The highest BCUT2D eigenvalue weighted by atomic mass is 16.6. The fourth-order valence-corrected chi connectivity index (χ4v) is 4.94. The lowest BCUT2D eigenvalue weighted by Crippen LogP contribution is -2.29. The van der Waals surface area contributed by atoms with E-state index in [0.29, 0.717) is 11.8 Å². The van der Waals surface area contributed by atoms with Crippen LogP contribution in [-0.2, 0) is 0 Å². The molecule has 0 radical (unpaired) electrons. The summed E-state index contributed by atoms with van der Waals surface area (Å²) in [6.45, 7) is 0. The van der Waals surface area contributed by atoms with Crippen molar-refractivity contribution in [2.24, 2.45) is 23.7 Å². The van der Waals surface area contributed by atoms with Crippen LogP contribution in [0.3, 0.4) is 0 Å². The largest absolute Gasteiger partial charge is 0.264 e. The number of hydrogen-bond acceptors (Lipinski definition) is 2. The Balaban J connectivity index is 1.77. The van der Waals surface area contributed by atoms with Crippen LogP contribution in [0.25, 0.3) is 0 Å². The van der Waals surface area contributed by atoms with Crippen LogP contribution in [0.1, 0.15) is 32.1 Å². The minimum absolute atomic E-state index is 0.0135. The van der Waals surface area contributed by atoms with Crippen molar-refractivity contribution < 1.29 is 4.92 Å². The van der Waals surface area contributed by atoms with Gasteiger partial charge in [-0.25, -0.2) is 0 Å². The van der Waals surface area contributed by atoms with Crippen LogP contribution in [0.2, 0.25) is 0 Å². The Labute approximate surface area is 88.7 Å². The van der Waals surface area contributed by atoms with Crippen molar-refractivity contribution in [2.45, 2.75) is 38.1 Å². The predicted octanol–water partition coefficient (Wildman–Crippen LogP) is 2.40. The molecule has 0 amide bonds. The van der Waals surface area contributed by atoms with Crippen molar-refractivity contribution >= 4 is 0 Å². The zero-order valence-electron chi connectivity index (χ0n) is 8.69. The van der Waals surface area contributed by atoms with Gasteiger partial charge in [-0.1, -0.05) is 11.1 Å². The first-order chi connectivity index (χ1) is 7.25. The lowest BCUT2D eigenvalue weighted by molar-refractivity contribution is -0.527. The minimum atomic E-state index is -0.229. The maximum atomic E-state index is 11.0. The Morgan fingerprint density at radius 2 is 1.73 bits per heavy atom. The Hall–Kier alpha value is -0.860. The van der Waals surface area contributed by atoms with Crippen LogP contribution in [0.5, 0.6) is 0 Å². The van der Waals surface area contributed by atoms with Crippen molar-refractivity contribution in [3.05, 3.63) is 21.3 Å². The summed E-state index contributed by atoms with van der Waals surface area (Å²) in [6.07, 6.45) is 5.98. The lowest BCUT2D eigenvalue weighted by atomic mass is 9.80. The molecule has 0 heterocycles. The molecule has 80 valence electrons. The first-order valence-corrected chi connectivity index (χ1v) is 6.13. The molecular formula is C12H15NO2. The molecule has 0 spiro atoms. The number of hydrogen-bond donors (Lipinski definition) is 0. The van der Waals surface area contributed by atoms with E-state index in [9.17, 15) is 10.1 Å². The van der Waals surface area contributed by atoms with Gasteiger partial charge in [-0.15, -0.1) is 0 Å². The molecule has 0 aliphatic heterocycles. The van der Waals surface area contributed by atoms with Gasteiger partial charge in [-0.3, -0.25) is 10.1 Å². The number of rotatable bonds is 1. The standard InChI is InChI=1S/C12H15NO2/c14-13(15)10-5-8-4-9(10)12-7-2-1-6(3-7)11(8)12/h6-10H,1-5H2. The summed E-state index contributed by atoms with van der Waals surface area (Å²) in [7, 11) is 0. The van der Waals surface area contributed by atoms with Gasteiger partial charge in [0.2, 0.25) is 6.04 Å². The Morgan fingerprint density at radius 1 is 1.00 bits per heavy atom. The molecule has 15 heavy (non-hydrogen) atoms. The first-order valence-electron chi connectivity index (χ1n) is 6.13. The number of nitro groups is 1. The van der Waals surface area contributed by atoms with E-state index in [1.807, 2.05) is 0 Å². The van der Waals surface area contributed by atoms with Gasteiger partial charge in [-0.05, 0) is 43.4 Å². The molecule has 4 bridgehead atoms. The van der Waals surface area contributed by atoms with Crippen LogP contribution >= 0.6 is 0 Å². The van der Waals surface area contributed by atoms with Crippen LogP contribution < -0.4 is 0 Å². The molecule has 5 unspecified atom stereocenters. The van der Waals surface area contributed by atoms with E-state index >= 15 is 0 Å². The van der Waals surface area contributed by atoms with Gasteiger partial charge in [0, 0.05) is 17.3 Å². The fraction of sp³-hybridized carbons (Fsp3) is 0.833. The van der Waals surface area contributed by atoms with Crippen molar-refractivity contribution in [3.8, 4) is 0 Å². The van der Waals surface area contributed by atoms with Gasteiger partial charge in [0.15, 0.2) is 0 Å². The van der Waals surface area contributed by atoms with Crippen LogP contribution in [0.15, 0.2) is 11.1 Å². The monoisotopic (exact) mass is 205 g/mol. The highest BCUT2D eigenvalue weighted by molar-refractivity contribution is 5.40. The van der Waals surface area contributed by atoms with E-state index < -0.39 is 0 Å². The van der Waals surface area contributed by atoms with E-state index in [1.165, 1.54) is 19.3 Å². The second-order valence-corrected chi connectivity index (χ2v) is 5.75. The summed E-state index contributed by atoms with van der Waals surface area (Å²) in [6, 6.07) is -0.229. The zero-order chi connectivity index (χ0) is 10.2. The number of allylic oxidation sites excluding steroid dienone is 1. The first kappa shape index (κ1) is 8.31. The molecule has 4 rings (SSSR count). The third-order valence-electron chi connectivity index (χ3n) is 5.28. The van der Waals surface area contributed by atoms with Gasteiger partial charge in [0.05, 0.1) is 0 Å². The van der Waals surface area contributed by atoms with E-state index in [2.05, 4.69) is 0 Å². The number of nitrogens with zero attached hydrogens (tertiary/aromatic N) is 1. The molecule has 4 aliphatic rings. The predicted molar refractivity (Wildman–Crippen MR) is 54.9 cm³/mol. The normalized spacial score (nSPS) is 50.3. The molecule has 3 nitrogen and oxygen atoms in total. The highest BCUT2D eigenvalue weighted by Crippen LogP contribution is 2.63. The molecule has 2 saturated carbocycles. The fourth-order valence-electron chi connectivity index (χ4n) is 4.94. The van der Waals surface area contributed by atoms with Crippen molar-refractivity contribution in [3.63, 3.8) is 0 Å². The van der Waals surface area contributed by atoms with Gasteiger partial charge in [-0.2, -0.15) is 0 Å². The topological polar surface area (TPSA) is 43.1 Å². The zero-order valence-corrected chi connectivity index (χ0v) is 8.69. The second kappa shape index (κ2) is 2.45.